The van der Waals surface area contributed by atoms with Crippen LogP contribution in [0.3, 0.4) is 0 Å². The van der Waals surface area contributed by atoms with Gasteiger partial charge in [-0.3, -0.25) is 9.80 Å². The van der Waals surface area contributed by atoms with Crippen molar-refractivity contribution in [3.05, 3.63) is 58.0 Å². The number of benzene rings is 1. The maximum absolute atomic E-state index is 13.1. The van der Waals surface area contributed by atoms with Crippen LogP contribution in [0.25, 0.3) is 0 Å². The minimum atomic E-state index is -5.08. The normalized spacial score (nSPS) is 21.1. The van der Waals surface area contributed by atoms with Gasteiger partial charge in [0.25, 0.3) is 0 Å². The van der Waals surface area contributed by atoms with Crippen molar-refractivity contribution >= 4 is 33.1 Å². The molecule has 17 heteroatoms. The molecule has 218 valence electrons. The summed E-state index contributed by atoms with van der Waals surface area (Å²) in [4.78, 5) is 23.6. The van der Waals surface area contributed by atoms with Crippen LogP contribution in [0.1, 0.15) is 10.4 Å². The standard InChI is InChI=1S/C18H21FN2O2S2.2C2HF3O2/c19-15-5-3-14(4-6-15)10-21-7-9-25(22,23)18-13-20(12-17(18)21)11-16-2-1-8-24-16;2*3-2(4,5)1(6)7/h1-6,8,17-18H,7,9-13H2;2*(H,6,7). The van der Waals surface area contributed by atoms with Crippen molar-refractivity contribution in [3.63, 3.8) is 0 Å². The number of halogens is 7. The molecule has 39 heavy (non-hydrogen) atoms. The van der Waals surface area contributed by atoms with E-state index in [0.29, 0.717) is 19.6 Å². The second-order valence-corrected chi connectivity index (χ2v) is 11.8. The molecule has 0 bridgehead atoms. The zero-order chi connectivity index (χ0) is 29.6. The first-order chi connectivity index (χ1) is 17.9. The summed E-state index contributed by atoms with van der Waals surface area (Å²) in [5.74, 6) is -5.55. The number of likely N-dealkylation sites (tertiary alicyclic amines) is 1. The van der Waals surface area contributed by atoms with E-state index in [1.165, 1.54) is 17.0 Å². The highest BCUT2D eigenvalue weighted by Gasteiger charge is 2.47. The van der Waals surface area contributed by atoms with Crippen LogP contribution in [0.2, 0.25) is 0 Å². The van der Waals surface area contributed by atoms with Crippen molar-refractivity contribution in [1.82, 2.24) is 9.80 Å². The highest BCUT2D eigenvalue weighted by molar-refractivity contribution is 7.92. The van der Waals surface area contributed by atoms with E-state index in [4.69, 9.17) is 19.8 Å². The van der Waals surface area contributed by atoms with Crippen molar-refractivity contribution in [2.45, 2.75) is 36.7 Å². The number of thiophene rings is 1. The van der Waals surface area contributed by atoms with Gasteiger partial charge in [-0.1, -0.05) is 18.2 Å². The zero-order valence-electron chi connectivity index (χ0n) is 19.8. The molecular weight excluding hydrogens is 585 g/mol. The largest absolute Gasteiger partial charge is 0.490 e. The summed E-state index contributed by atoms with van der Waals surface area (Å²) in [5.41, 5.74) is 1.02. The van der Waals surface area contributed by atoms with Crippen LogP contribution in [-0.2, 0) is 32.5 Å². The molecule has 3 heterocycles. The molecular formula is C22H23F7N2O6S2. The molecule has 0 aliphatic carbocycles. The lowest BCUT2D eigenvalue weighted by Crippen LogP contribution is -2.53. The third-order valence-electron chi connectivity index (χ3n) is 5.65. The topological polar surface area (TPSA) is 115 Å². The summed E-state index contributed by atoms with van der Waals surface area (Å²) in [5, 5.41) is 16.0. The van der Waals surface area contributed by atoms with Gasteiger partial charge >= 0.3 is 24.3 Å². The monoisotopic (exact) mass is 608 g/mol. The minimum Gasteiger partial charge on any atom is -0.475 e. The van der Waals surface area contributed by atoms with Crippen LogP contribution in [0.4, 0.5) is 30.7 Å². The average Bonchev–Trinajstić information content (AvgIpc) is 3.48. The van der Waals surface area contributed by atoms with Gasteiger partial charge in [0.15, 0.2) is 9.84 Å². The highest BCUT2D eigenvalue weighted by atomic mass is 32.2. The van der Waals surface area contributed by atoms with Gasteiger partial charge in [-0.2, -0.15) is 26.3 Å². The SMILES string of the molecule is O=C(O)C(F)(F)F.O=C(O)C(F)(F)F.O=S1(=O)CCN(Cc2ccc(F)cc2)C2CN(Cc3cccs3)CC21. The third kappa shape index (κ3) is 10.1. The zero-order valence-corrected chi connectivity index (χ0v) is 21.5. The maximum Gasteiger partial charge on any atom is 0.490 e. The summed E-state index contributed by atoms with van der Waals surface area (Å²) >= 11 is 1.71. The molecule has 2 unspecified atom stereocenters. The number of nitrogens with zero attached hydrogens (tertiary/aromatic N) is 2. The van der Waals surface area contributed by atoms with E-state index < -0.39 is 34.1 Å². The van der Waals surface area contributed by atoms with Crippen molar-refractivity contribution in [2.24, 2.45) is 0 Å². The number of carboxylic acid groups (broad SMARTS) is 2. The molecule has 0 radical (unpaired) electrons. The highest BCUT2D eigenvalue weighted by Crippen LogP contribution is 2.30. The van der Waals surface area contributed by atoms with Gasteiger partial charge < -0.3 is 10.2 Å². The van der Waals surface area contributed by atoms with Crippen LogP contribution in [0.15, 0.2) is 41.8 Å². The fraction of sp³-hybridized carbons (Fsp3) is 0.455. The average molecular weight is 609 g/mol. The Morgan fingerprint density at radius 1 is 0.923 bits per heavy atom. The van der Waals surface area contributed by atoms with E-state index in [1.54, 1.807) is 23.5 Å². The van der Waals surface area contributed by atoms with E-state index >= 15 is 0 Å². The number of hydrogen-bond donors (Lipinski definition) is 2. The van der Waals surface area contributed by atoms with Crippen molar-refractivity contribution < 1.29 is 59.0 Å². The Labute approximate surface area is 222 Å². The smallest absolute Gasteiger partial charge is 0.475 e. The number of aliphatic carboxylic acids is 2. The Morgan fingerprint density at radius 2 is 1.46 bits per heavy atom. The summed E-state index contributed by atoms with van der Waals surface area (Å²) in [7, 11) is -3.04. The van der Waals surface area contributed by atoms with Gasteiger partial charge in [0.2, 0.25) is 0 Å². The summed E-state index contributed by atoms with van der Waals surface area (Å²) in [6.07, 6.45) is -10.2. The molecule has 1 aromatic carbocycles. The van der Waals surface area contributed by atoms with Crippen LogP contribution in [0.5, 0.6) is 0 Å². The van der Waals surface area contributed by atoms with Crippen LogP contribution in [0, 0.1) is 5.82 Å². The predicted octanol–water partition coefficient (Wildman–Crippen LogP) is 3.64. The van der Waals surface area contributed by atoms with Gasteiger partial charge in [0.1, 0.15) is 5.82 Å². The number of sulfone groups is 1. The maximum atomic E-state index is 13.1. The molecule has 2 aliphatic heterocycles. The number of hydrogen-bond acceptors (Lipinski definition) is 7. The summed E-state index contributed by atoms with van der Waals surface area (Å²) in [6, 6.07) is 10.6. The molecule has 2 saturated heterocycles. The molecule has 0 amide bonds. The Bertz CT molecular complexity index is 1180. The second-order valence-electron chi connectivity index (χ2n) is 8.45. The number of carbonyl (C=O) groups is 2. The van der Waals surface area contributed by atoms with E-state index in [1.807, 2.05) is 6.07 Å². The molecule has 2 atom stereocenters. The molecule has 2 aromatic rings. The first kappa shape index (κ1) is 32.5. The molecule has 4 rings (SSSR count). The fourth-order valence-corrected chi connectivity index (χ4v) is 6.58. The van der Waals surface area contributed by atoms with E-state index in [9.17, 15) is 39.2 Å². The number of alkyl halides is 6. The lowest BCUT2D eigenvalue weighted by Gasteiger charge is -2.36. The number of carboxylic acids is 2. The van der Waals surface area contributed by atoms with E-state index in [0.717, 1.165) is 18.7 Å². The molecule has 2 aliphatic rings. The summed E-state index contributed by atoms with van der Waals surface area (Å²) in [6.45, 7) is 3.40. The molecule has 1 aromatic heterocycles. The van der Waals surface area contributed by atoms with Crippen LogP contribution >= 0.6 is 11.3 Å². The van der Waals surface area contributed by atoms with Crippen molar-refractivity contribution in [3.8, 4) is 0 Å². The van der Waals surface area contributed by atoms with Crippen LogP contribution < -0.4 is 0 Å². The van der Waals surface area contributed by atoms with Gasteiger partial charge in [-0.25, -0.2) is 22.4 Å². The van der Waals surface area contributed by atoms with Gasteiger partial charge in [0.05, 0.1) is 11.0 Å². The summed E-state index contributed by atoms with van der Waals surface area (Å²) < 4.78 is 102. The predicted molar refractivity (Wildman–Crippen MR) is 125 cm³/mol. The van der Waals surface area contributed by atoms with Gasteiger partial charge in [0, 0.05) is 43.6 Å². The fourth-order valence-electron chi connectivity index (χ4n) is 3.87. The lowest BCUT2D eigenvalue weighted by atomic mass is 10.1. The Morgan fingerprint density at radius 3 is 1.92 bits per heavy atom. The minimum absolute atomic E-state index is 0.0174. The number of rotatable bonds is 4. The quantitative estimate of drug-likeness (QED) is 0.506. The first-order valence-electron chi connectivity index (χ1n) is 10.9. The Balaban J connectivity index is 0.000000317. The number of fused-ring (bicyclic) bond motifs is 1. The molecule has 8 nitrogen and oxygen atoms in total. The van der Waals surface area contributed by atoms with Crippen molar-refractivity contribution in [1.29, 1.82) is 0 Å². The third-order valence-corrected chi connectivity index (χ3v) is 8.65. The van der Waals surface area contributed by atoms with Gasteiger partial charge in [-0.15, -0.1) is 11.3 Å². The van der Waals surface area contributed by atoms with E-state index in [-0.39, 0.29) is 22.9 Å². The Hall–Kier alpha value is -2.76. The molecule has 2 fully saturated rings. The van der Waals surface area contributed by atoms with Crippen LogP contribution in [-0.4, -0.2) is 89.4 Å². The van der Waals surface area contributed by atoms with Crippen molar-refractivity contribution in [2.75, 3.05) is 25.4 Å². The van der Waals surface area contributed by atoms with E-state index in [2.05, 4.69) is 21.2 Å². The molecule has 0 spiro atoms. The molecule has 0 saturated carbocycles. The Kier molecular flexibility index (Phi) is 10.9. The van der Waals surface area contributed by atoms with Gasteiger partial charge in [-0.05, 0) is 29.1 Å². The first-order valence-corrected chi connectivity index (χ1v) is 13.5. The lowest BCUT2D eigenvalue weighted by molar-refractivity contribution is -0.193. The molecule has 2 N–H and O–H groups in total. The second kappa shape index (κ2) is 13.1.